The summed E-state index contributed by atoms with van der Waals surface area (Å²) >= 11 is 0. The number of aliphatic hydroxyl groups is 1. The van der Waals surface area contributed by atoms with E-state index in [2.05, 4.69) is 0 Å². The number of rotatable bonds is 1. The fourth-order valence-corrected chi connectivity index (χ4v) is 2.70. The molecule has 100 valence electrons. The molecule has 1 aromatic rings. The van der Waals surface area contributed by atoms with E-state index in [4.69, 9.17) is 4.74 Å². The molecule has 2 aliphatic rings. The first-order chi connectivity index (χ1) is 9.04. The Kier molecular flexibility index (Phi) is 2.56. The number of carbonyl (C=O) groups is 2. The molecule has 3 rings (SSSR count). The smallest absolute Gasteiger partial charge is 0.340 e. The number of pyridine rings is 1. The van der Waals surface area contributed by atoms with E-state index < -0.39 is 18.2 Å². The molecule has 1 aromatic heterocycles. The molecule has 0 saturated carbocycles. The summed E-state index contributed by atoms with van der Waals surface area (Å²) in [6.07, 6.45) is -1.40. The van der Waals surface area contributed by atoms with Gasteiger partial charge < -0.3 is 14.4 Å². The normalized spacial score (nSPS) is 24.9. The third-order valence-electron chi connectivity index (χ3n) is 3.69. The summed E-state index contributed by atoms with van der Waals surface area (Å²) in [5.41, 5.74) is 0.451. The summed E-state index contributed by atoms with van der Waals surface area (Å²) in [4.78, 5) is 35.6. The SMILES string of the molecule is CCC1OC(=O)C(O)c2cc3n(c(=O)c21)CCC3=O. The van der Waals surface area contributed by atoms with Crippen molar-refractivity contribution in [3.8, 4) is 0 Å². The number of esters is 1. The first kappa shape index (κ1) is 12.1. The lowest BCUT2D eigenvalue weighted by Crippen LogP contribution is -2.35. The van der Waals surface area contributed by atoms with E-state index >= 15 is 0 Å². The van der Waals surface area contributed by atoms with Crippen LogP contribution in [0, 0.1) is 0 Å². The summed E-state index contributed by atoms with van der Waals surface area (Å²) in [6.45, 7) is 2.14. The molecule has 0 bridgehead atoms. The molecular formula is C13H13NO5. The third-order valence-corrected chi connectivity index (χ3v) is 3.69. The molecule has 0 fully saturated rings. The Bertz CT molecular complexity index is 645. The van der Waals surface area contributed by atoms with Crippen molar-refractivity contribution >= 4 is 11.8 Å². The first-order valence-electron chi connectivity index (χ1n) is 6.24. The molecule has 0 aliphatic carbocycles. The predicted molar refractivity (Wildman–Crippen MR) is 63.7 cm³/mol. The fraction of sp³-hybridized carbons (Fsp3) is 0.462. The van der Waals surface area contributed by atoms with Crippen LogP contribution in [0.2, 0.25) is 0 Å². The Hall–Kier alpha value is -1.95. The zero-order valence-electron chi connectivity index (χ0n) is 10.4. The molecule has 6 heteroatoms. The Morgan fingerprint density at radius 3 is 2.84 bits per heavy atom. The molecule has 0 radical (unpaired) electrons. The Labute approximate surface area is 108 Å². The maximum absolute atomic E-state index is 12.4. The molecule has 2 aliphatic heterocycles. The van der Waals surface area contributed by atoms with Crippen LogP contribution in [-0.2, 0) is 16.1 Å². The van der Waals surface area contributed by atoms with Gasteiger partial charge in [0, 0.05) is 18.5 Å². The van der Waals surface area contributed by atoms with E-state index in [0.29, 0.717) is 18.5 Å². The van der Waals surface area contributed by atoms with E-state index in [0.717, 1.165) is 0 Å². The standard InChI is InChI=1S/C13H13NO5/c1-2-9-10-6(11(16)13(18)19-9)5-7-8(15)3-4-14(7)12(10)17/h5,9,11,16H,2-4H2,1H3. The van der Waals surface area contributed by atoms with Crippen LogP contribution in [0.25, 0.3) is 0 Å². The van der Waals surface area contributed by atoms with Gasteiger partial charge in [0.15, 0.2) is 11.9 Å². The molecule has 19 heavy (non-hydrogen) atoms. The Balaban J connectivity index is 2.31. The van der Waals surface area contributed by atoms with Crippen molar-refractivity contribution in [1.82, 2.24) is 4.57 Å². The van der Waals surface area contributed by atoms with Gasteiger partial charge in [-0.2, -0.15) is 0 Å². The van der Waals surface area contributed by atoms with Gasteiger partial charge in [0.2, 0.25) is 0 Å². The van der Waals surface area contributed by atoms with E-state index in [-0.39, 0.29) is 29.0 Å². The number of fused-ring (bicyclic) bond motifs is 2. The molecule has 3 heterocycles. The van der Waals surface area contributed by atoms with Gasteiger partial charge >= 0.3 is 5.97 Å². The van der Waals surface area contributed by atoms with Crippen LogP contribution in [0.4, 0.5) is 0 Å². The number of nitrogens with zero attached hydrogens (tertiary/aromatic N) is 1. The second-order valence-electron chi connectivity index (χ2n) is 4.76. The van der Waals surface area contributed by atoms with Crippen LogP contribution in [0.15, 0.2) is 10.9 Å². The van der Waals surface area contributed by atoms with Crippen molar-refractivity contribution in [2.45, 2.75) is 38.5 Å². The molecule has 0 spiro atoms. The third kappa shape index (κ3) is 1.56. The van der Waals surface area contributed by atoms with Crippen LogP contribution in [0.5, 0.6) is 0 Å². The van der Waals surface area contributed by atoms with Crippen LogP contribution < -0.4 is 5.56 Å². The number of carbonyl (C=O) groups excluding carboxylic acids is 2. The maximum atomic E-state index is 12.4. The average molecular weight is 263 g/mol. The van der Waals surface area contributed by atoms with Gasteiger partial charge in [0.1, 0.15) is 6.10 Å². The summed E-state index contributed by atoms with van der Waals surface area (Å²) in [6, 6.07) is 1.46. The van der Waals surface area contributed by atoms with Gasteiger partial charge in [-0.15, -0.1) is 0 Å². The molecule has 2 atom stereocenters. The highest BCUT2D eigenvalue weighted by molar-refractivity contribution is 5.96. The molecule has 0 amide bonds. The van der Waals surface area contributed by atoms with Gasteiger partial charge in [0.25, 0.3) is 5.56 Å². The minimum atomic E-state index is -1.48. The molecular weight excluding hydrogens is 250 g/mol. The number of ether oxygens (including phenoxy) is 1. The molecule has 6 nitrogen and oxygen atoms in total. The van der Waals surface area contributed by atoms with Gasteiger partial charge in [-0.3, -0.25) is 9.59 Å². The fourth-order valence-electron chi connectivity index (χ4n) is 2.70. The average Bonchev–Trinajstić information content (AvgIpc) is 2.76. The van der Waals surface area contributed by atoms with E-state index in [9.17, 15) is 19.5 Å². The number of hydrogen-bond donors (Lipinski definition) is 1. The second-order valence-corrected chi connectivity index (χ2v) is 4.76. The summed E-state index contributed by atoms with van der Waals surface area (Å²) in [5, 5.41) is 9.85. The highest BCUT2D eigenvalue weighted by Gasteiger charge is 2.38. The second kappa shape index (κ2) is 4.03. The number of ketones is 1. The van der Waals surface area contributed by atoms with Crippen molar-refractivity contribution in [3.05, 3.63) is 33.2 Å². The maximum Gasteiger partial charge on any atom is 0.340 e. The number of hydrogen-bond acceptors (Lipinski definition) is 5. The van der Waals surface area contributed by atoms with Crippen molar-refractivity contribution < 1.29 is 19.4 Å². The lowest BCUT2D eigenvalue weighted by Gasteiger charge is -2.27. The lowest BCUT2D eigenvalue weighted by molar-refractivity contribution is -0.163. The molecule has 2 unspecified atom stereocenters. The van der Waals surface area contributed by atoms with E-state index in [1.165, 1.54) is 10.6 Å². The summed E-state index contributed by atoms with van der Waals surface area (Å²) in [5.74, 6) is -0.909. The van der Waals surface area contributed by atoms with Crippen molar-refractivity contribution in [1.29, 1.82) is 0 Å². The van der Waals surface area contributed by atoms with Crippen molar-refractivity contribution in [2.24, 2.45) is 0 Å². The highest BCUT2D eigenvalue weighted by Crippen LogP contribution is 2.34. The largest absolute Gasteiger partial charge is 0.455 e. The zero-order valence-corrected chi connectivity index (χ0v) is 10.4. The van der Waals surface area contributed by atoms with Crippen LogP contribution >= 0.6 is 0 Å². The minimum absolute atomic E-state index is 0.140. The summed E-state index contributed by atoms with van der Waals surface area (Å²) in [7, 11) is 0. The Morgan fingerprint density at radius 2 is 2.16 bits per heavy atom. The van der Waals surface area contributed by atoms with Crippen LogP contribution in [0.1, 0.15) is 53.6 Å². The van der Waals surface area contributed by atoms with Crippen LogP contribution in [-0.4, -0.2) is 21.4 Å². The highest BCUT2D eigenvalue weighted by atomic mass is 16.6. The minimum Gasteiger partial charge on any atom is -0.455 e. The van der Waals surface area contributed by atoms with E-state index in [1.54, 1.807) is 6.92 Å². The van der Waals surface area contributed by atoms with Crippen molar-refractivity contribution in [2.75, 3.05) is 0 Å². The number of aromatic nitrogens is 1. The summed E-state index contributed by atoms with van der Waals surface area (Å²) < 4.78 is 6.45. The predicted octanol–water partition coefficient (Wildman–Crippen LogP) is 0.476. The molecule has 0 aromatic carbocycles. The van der Waals surface area contributed by atoms with Crippen molar-refractivity contribution in [3.63, 3.8) is 0 Å². The van der Waals surface area contributed by atoms with Gasteiger partial charge in [-0.05, 0) is 12.5 Å². The first-order valence-corrected chi connectivity index (χ1v) is 6.24. The number of Topliss-reactive ketones (excluding diaryl/α,β-unsaturated/α-hetero) is 1. The molecule has 0 saturated heterocycles. The quantitative estimate of drug-likeness (QED) is 0.745. The topological polar surface area (TPSA) is 85.6 Å². The Morgan fingerprint density at radius 1 is 1.42 bits per heavy atom. The number of aliphatic hydroxyl groups excluding tert-OH is 1. The monoisotopic (exact) mass is 263 g/mol. The number of cyclic esters (lactones) is 1. The lowest BCUT2D eigenvalue weighted by atomic mass is 9.94. The van der Waals surface area contributed by atoms with Gasteiger partial charge in [-0.25, -0.2) is 4.79 Å². The van der Waals surface area contributed by atoms with Gasteiger partial charge in [-0.1, -0.05) is 6.92 Å². The zero-order chi connectivity index (χ0) is 13.7. The molecule has 1 N–H and O–H groups in total. The van der Waals surface area contributed by atoms with Crippen LogP contribution in [0.3, 0.4) is 0 Å². The van der Waals surface area contributed by atoms with E-state index in [1.807, 2.05) is 0 Å². The van der Waals surface area contributed by atoms with Gasteiger partial charge in [0.05, 0.1) is 11.3 Å².